The van der Waals surface area contributed by atoms with Crippen molar-refractivity contribution in [3.8, 4) is 5.88 Å². The number of amides is 3. The number of ether oxygens (including phenoxy) is 1. The highest BCUT2D eigenvalue weighted by Crippen LogP contribution is 2.28. The number of nitrogens with zero attached hydrogens (tertiary/aromatic N) is 3. The van der Waals surface area contributed by atoms with Gasteiger partial charge in [0.05, 0.1) is 19.2 Å². The Kier molecular flexibility index (Phi) is 7.68. The number of aliphatic hydroxyl groups excluding tert-OH is 1. The second-order valence-corrected chi connectivity index (χ2v) is 8.86. The van der Waals surface area contributed by atoms with E-state index in [9.17, 15) is 19.1 Å². The summed E-state index contributed by atoms with van der Waals surface area (Å²) in [6.07, 6.45) is 1.08. The molecule has 2 aromatic rings. The molecule has 1 aliphatic heterocycles. The van der Waals surface area contributed by atoms with Crippen LogP contribution in [0, 0.1) is 11.7 Å². The number of hydrogen-bond acceptors (Lipinski definition) is 5. The lowest BCUT2D eigenvalue weighted by Crippen LogP contribution is -2.50. The number of likely N-dealkylation sites (N-methyl/N-ethyl adjacent to an activating group) is 1. The van der Waals surface area contributed by atoms with Crippen molar-refractivity contribution in [1.29, 1.82) is 0 Å². The van der Waals surface area contributed by atoms with E-state index in [0.29, 0.717) is 16.7 Å². The Morgan fingerprint density at radius 1 is 1.47 bits per heavy atom. The molecule has 3 amide bonds. The third-order valence-corrected chi connectivity index (χ3v) is 5.82. The number of carbonyl (C=O) groups is 2. The first kappa shape index (κ1) is 23.9. The first-order valence-corrected chi connectivity index (χ1v) is 11.0. The van der Waals surface area contributed by atoms with Crippen LogP contribution < -0.4 is 10.1 Å². The molecule has 10 heteroatoms. The number of pyridine rings is 1. The number of hydrogen-bond donors (Lipinski definition) is 2. The third kappa shape index (κ3) is 5.55. The van der Waals surface area contributed by atoms with Crippen LogP contribution in [0.5, 0.6) is 5.88 Å². The van der Waals surface area contributed by atoms with Crippen LogP contribution in [0.4, 0.5) is 14.9 Å². The first-order valence-electron chi connectivity index (χ1n) is 10.2. The van der Waals surface area contributed by atoms with Crippen molar-refractivity contribution in [3.63, 3.8) is 0 Å². The summed E-state index contributed by atoms with van der Waals surface area (Å²) in [5, 5.41) is 12.4. The fourth-order valence-corrected chi connectivity index (χ4v) is 3.73. The highest BCUT2D eigenvalue weighted by Gasteiger charge is 2.34. The summed E-state index contributed by atoms with van der Waals surface area (Å²) in [4.78, 5) is 33.1. The number of nitrogens with one attached hydrogen (secondary N) is 1. The summed E-state index contributed by atoms with van der Waals surface area (Å²) in [6, 6.07) is 6.36. The Balaban J connectivity index is 0.00000385. The van der Waals surface area contributed by atoms with E-state index in [1.54, 1.807) is 31.1 Å². The Bertz CT molecular complexity index is 981. The molecule has 2 heterocycles. The van der Waals surface area contributed by atoms with E-state index in [-0.39, 0.29) is 49.7 Å². The van der Waals surface area contributed by atoms with E-state index in [0.717, 1.165) is 0 Å². The van der Waals surface area contributed by atoms with Crippen LogP contribution in [-0.2, 0) is 0 Å². The van der Waals surface area contributed by atoms with Crippen LogP contribution in [0.15, 0.2) is 41.0 Å². The Hall–Kier alpha value is -2.72. The van der Waals surface area contributed by atoms with Crippen molar-refractivity contribution in [2.75, 3.05) is 32.1 Å². The topological polar surface area (TPSA) is 95.0 Å². The van der Waals surface area contributed by atoms with Crippen molar-refractivity contribution in [2.45, 2.75) is 26.0 Å². The minimum Gasteiger partial charge on any atom is -0.472 e. The van der Waals surface area contributed by atoms with Gasteiger partial charge in [0, 0.05) is 37.3 Å². The Labute approximate surface area is 196 Å². The van der Waals surface area contributed by atoms with E-state index >= 15 is 0 Å². The van der Waals surface area contributed by atoms with Gasteiger partial charge in [-0.2, -0.15) is 0 Å². The van der Waals surface area contributed by atoms with Crippen molar-refractivity contribution in [3.05, 3.63) is 52.4 Å². The van der Waals surface area contributed by atoms with E-state index < -0.39 is 12.1 Å². The molecule has 32 heavy (non-hydrogen) atoms. The lowest BCUT2D eigenvalue weighted by molar-refractivity contribution is 0.0356. The van der Waals surface area contributed by atoms with Gasteiger partial charge in [-0.25, -0.2) is 14.2 Å². The molecule has 1 aromatic heterocycles. The van der Waals surface area contributed by atoms with E-state index in [4.69, 9.17) is 4.74 Å². The van der Waals surface area contributed by atoms with Crippen LogP contribution in [0.2, 0.25) is 0 Å². The summed E-state index contributed by atoms with van der Waals surface area (Å²) in [5.74, 6) is -0.644. The number of halogens is 2. The van der Waals surface area contributed by atoms with Gasteiger partial charge < -0.3 is 25.0 Å². The second-order valence-electron chi connectivity index (χ2n) is 7.95. The van der Waals surface area contributed by atoms with Crippen LogP contribution in [0.3, 0.4) is 0 Å². The van der Waals surface area contributed by atoms with Crippen LogP contribution in [-0.4, -0.2) is 70.7 Å². The van der Waals surface area contributed by atoms with Gasteiger partial charge in [0.15, 0.2) is 0 Å². The SMILES string of the molecule is C[C@H](CO)N1C[C@H](C)[C@H](CN(C)C(=O)Nc2ccc(F)cc2)Oc2ncc(Br)cc2C1=O.[HH]. The van der Waals surface area contributed by atoms with Crippen molar-refractivity contribution >= 4 is 33.6 Å². The fraction of sp³-hybridized carbons (Fsp3) is 0.409. The largest absolute Gasteiger partial charge is 0.472 e. The minimum absolute atomic E-state index is 0. The number of anilines is 1. The zero-order valence-electron chi connectivity index (χ0n) is 18.1. The summed E-state index contributed by atoms with van der Waals surface area (Å²) >= 11 is 3.34. The maximum Gasteiger partial charge on any atom is 0.321 e. The molecule has 3 rings (SSSR count). The van der Waals surface area contributed by atoms with Gasteiger partial charge in [-0.1, -0.05) is 6.92 Å². The predicted octanol–water partition coefficient (Wildman–Crippen LogP) is 3.61. The zero-order valence-corrected chi connectivity index (χ0v) is 19.7. The van der Waals surface area contributed by atoms with Crippen molar-refractivity contribution < 1.29 is 25.2 Å². The number of rotatable bonds is 5. The summed E-state index contributed by atoms with van der Waals surface area (Å²) in [6.45, 7) is 4.08. The first-order chi connectivity index (χ1) is 15.2. The lowest BCUT2D eigenvalue weighted by Gasteiger charge is -2.37. The molecule has 0 saturated carbocycles. The van der Waals surface area contributed by atoms with Crippen LogP contribution in [0.1, 0.15) is 25.6 Å². The normalized spacial score (nSPS) is 19.3. The molecule has 0 fully saturated rings. The van der Waals surface area contributed by atoms with Gasteiger partial charge in [-0.3, -0.25) is 4.79 Å². The van der Waals surface area contributed by atoms with E-state index in [1.165, 1.54) is 29.2 Å². The average molecular weight is 511 g/mol. The monoisotopic (exact) mass is 510 g/mol. The highest BCUT2D eigenvalue weighted by atomic mass is 79.9. The van der Waals surface area contributed by atoms with Crippen LogP contribution >= 0.6 is 15.9 Å². The molecule has 0 aliphatic carbocycles. The number of aromatic nitrogens is 1. The average Bonchev–Trinajstić information content (AvgIpc) is 2.77. The maximum absolute atomic E-state index is 13.1. The second kappa shape index (κ2) is 10.3. The number of aliphatic hydroxyl groups is 1. The summed E-state index contributed by atoms with van der Waals surface area (Å²) in [5.41, 5.74) is 0.760. The van der Waals surface area contributed by atoms with E-state index in [2.05, 4.69) is 26.2 Å². The standard InChI is InChI=1S/C22H26BrFN4O4.H2/c1-13-10-28(14(2)12-29)21(30)18-8-15(23)9-25-20(18)32-19(13)11-27(3)22(31)26-17-6-4-16(24)5-7-17;/h4-9,13-14,19,29H,10-12H2,1-3H3,(H,26,31);1H/t13-,14+,19-;/m0./s1. The molecule has 8 nitrogen and oxygen atoms in total. The number of benzene rings is 1. The molecule has 0 unspecified atom stereocenters. The van der Waals surface area contributed by atoms with Gasteiger partial charge in [0.2, 0.25) is 5.88 Å². The molecule has 0 bridgehead atoms. The molecule has 0 radical (unpaired) electrons. The van der Waals surface area contributed by atoms with E-state index in [1.807, 2.05) is 6.92 Å². The van der Waals surface area contributed by atoms with Gasteiger partial charge in [0.25, 0.3) is 5.91 Å². The third-order valence-electron chi connectivity index (χ3n) is 5.38. The molecule has 3 atom stereocenters. The number of urea groups is 1. The maximum atomic E-state index is 13.1. The van der Waals surface area contributed by atoms with Crippen LogP contribution in [0.25, 0.3) is 0 Å². The molecule has 2 N–H and O–H groups in total. The number of carbonyl (C=O) groups excluding carboxylic acids is 2. The summed E-state index contributed by atoms with van der Waals surface area (Å²) < 4.78 is 19.8. The fourth-order valence-electron chi connectivity index (χ4n) is 3.40. The lowest BCUT2D eigenvalue weighted by atomic mass is 10.0. The molecule has 1 aromatic carbocycles. The summed E-state index contributed by atoms with van der Waals surface area (Å²) in [7, 11) is 1.63. The van der Waals surface area contributed by atoms with Gasteiger partial charge in [-0.05, 0) is 53.2 Å². The quantitative estimate of drug-likeness (QED) is 0.640. The van der Waals surface area contributed by atoms with Crippen molar-refractivity contribution in [2.24, 2.45) is 5.92 Å². The Morgan fingerprint density at radius 2 is 2.16 bits per heavy atom. The minimum atomic E-state index is -0.465. The molecule has 0 spiro atoms. The molecule has 174 valence electrons. The van der Waals surface area contributed by atoms with Crippen molar-refractivity contribution in [1.82, 2.24) is 14.8 Å². The molecular formula is C22H28BrFN4O4. The van der Waals surface area contributed by atoms with Gasteiger partial charge in [-0.15, -0.1) is 0 Å². The van der Waals surface area contributed by atoms with Gasteiger partial charge in [0.1, 0.15) is 17.5 Å². The predicted molar refractivity (Wildman–Crippen MR) is 123 cm³/mol. The molecular weight excluding hydrogens is 483 g/mol. The van der Waals surface area contributed by atoms with Gasteiger partial charge >= 0.3 is 6.03 Å². The zero-order chi connectivity index (χ0) is 23.4. The Morgan fingerprint density at radius 3 is 2.81 bits per heavy atom. The smallest absolute Gasteiger partial charge is 0.321 e. The molecule has 0 saturated heterocycles. The molecule has 1 aliphatic rings. The number of fused-ring (bicyclic) bond motifs is 1. The highest BCUT2D eigenvalue weighted by molar-refractivity contribution is 9.10.